The number of benzene rings is 4. The second-order valence-corrected chi connectivity index (χ2v) is 9.74. The van der Waals surface area contributed by atoms with Gasteiger partial charge in [-0.15, -0.1) is 0 Å². The van der Waals surface area contributed by atoms with Crippen molar-refractivity contribution in [2.75, 3.05) is 0 Å². The fourth-order valence-corrected chi connectivity index (χ4v) is 5.06. The normalized spacial score (nSPS) is 14.6. The molecule has 4 aromatic rings. The number of nitrogens with one attached hydrogen (secondary N) is 1. The molecule has 6 heteroatoms. The summed E-state index contributed by atoms with van der Waals surface area (Å²) in [5.74, 6) is -1.30. The zero-order chi connectivity index (χ0) is 26.1. The fraction of sp³-hybridized carbons (Fsp3) is 0.194. The van der Waals surface area contributed by atoms with Gasteiger partial charge in [0, 0.05) is 5.56 Å². The third-order valence-electron chi connectivity index (χ3n) is 6.79. The summed E-state index contributed by atoms with van der Waals surface area (Å²) in [5.41, 5.74) is 1.94. The smallest absolute Gasteiger partial charge is 0.262 e. The highest BCUT2D eigenvalue weighted by atomic mass is 16.3. The van der Waals surface area contributed by atoms with E-state index in [-0.39, 0.29) is 11.7 Å². The van der Waals surface area contributed by atoms with Gasteiger partial charge in [0.1, 0.15) is 11.8 Å². The third-order valence-corrected chi connectivity index (χ3v) is 6.79. The molecule has 0 radical (unpaired) electrons. The van der Waals surface area contributed by atoms with Crippen molar-refractivity contribution in [1.82, 2.24) is 10.2 Å². The number of hydrogen-bond donors (Lipinski definition) is 2. The molecule has 37 heavy (non-hydrogen) atoms. The van der Waals surface area contributed by atoms with Crippen LogP contribution in [0.2, 0.25) is 0 Å². The Morgan fingerprint density at radius 3 is 2.05 bits per heavy atom. The van der Waals surface area contributed by atoms with E-state index >= 15 is 0 Å². The van der Waals surface area contributed by atoms with Gasteiger partial charge in [-0.3, -0.25) is 19.3 Å². The van der Waals surface area contributed by atoms with Crippen molar-refractivity contribution in [2.24, 2.45) is 5.92 Å². The van der Waals surface area contributed by atoms with E-state index in [1.165, 1.54) is 0 Å². The minimum atomic E-state index is -1.00. The number of aromatic hydroxyl groups is 1. The van der Waals surface area contributed by atoms with Gasteiger partial charge in [0.2, 0.25) is 5.91 Å². The van der Waals surface area contributed by atoms with Crippen molar-refractivity contribution in [2.45, 2.75) is 32.4 Å². The number of phenolic OH excluding ortho intramolecular Hbond substituents is 1. The van der Waals surface area contributed by atoms with Gasteiger partial charge in [-0.25, -0.2) is 0 Å². The first-order valence-corrected chi connectivity index (χ1v) is 12.4. The van der Waals surface area contributed by atoms with Crippen molar-refractivity contribution in [3.05, 3.63) is 113 Å². The lowest BCUT2D eigenvalue weighted by molar-refractivity contribution is -0.126. The molecule has 186 valence electrons. The SMILES string of the molecule is CC(C)C[C@H](C(=O)N[C@H](c1ccccc1)c1c(O)ccc2ccccc12)N1C(=O)c2ccccc2C1=O. The van der Waals surface area contributed by atoms with Crippen LogP contribution in [0.3, 0.4) is 0 Å². The Balaban J connectivity index is 1.58. The maximum absolute atomic E-state index is 14.0. The summed E-state index contributed by atoms with van der Waals surface area (Å²) in [7, 11) is 0. The molecule has 3 amide bonds. The number of hydrogen-bond acceptors (Lipinski definition) is 4. The monoisotopic (exact) mass is 492 g/mol. The van der Waals surface area contributed by atoms with Gasteiger partial charge >= 0.3 is 0 Å². The van der Waals surface area contributed by atoms with Crippen LogP contribution in [0.4, 0.5) is 0 Å². The molecular weight excluding hydrogens is 464 g/mol. The van der Waals surface area contributed by atoms with E-state index in [1.807, 2.05) is 74.5 Å². The number of fused-ring (bicyclic) bond motifs is 2. The molecule has 0 saturated heterocycles. The highest BCUT2D eigenvalue weighted by molar-refractivity contribution is 6.22. The Morgan fingerprint density at radius 1 is 0.811 bits per heavy atom. The molecule has 5 rings (SSSR count). The van der Waals surface area contributed by atoms with Crippen molar-refractivity contribution in [3.8, 4) is 5.75 Å². The van der Waals surface area contributed by atoms with Gasteiger partial charge in [0.25, 0.3) is 11.8 Å². The van der Waals surface area contributed by atoms with Crippen LogP contribution in [0.5, 0.6) is 5.75 Å². The summed E-state index contributed by atoms with van der Waals surface area (Å²) < 4.78 is 0. The molecule has 2 N–H and O–H groups in total. The number of rotatable bonds is 7. The average Bonchev–Trinajstić information content (AvgIpc) is 3.16. The summed E-state index contributed by atoms with van der Waals surface area (Å²) >= 11 is 0. The number of phenols is 1. The molecule has 0 aliphatic carbocycles. The molecule has 2 atom stereocenters. The molecule has 1 heterocycles. The van der Waals surface area contributed by atoms with Gasteiger partial charge in [-0.05, 0) is 46.9 Å². The third kappa shape index (κ3) is 4.47. The number of carbonyl (C=O) groups is 3. The fourth-order valence-electron chi connectivity index (χ4n) is 5.06. The number of carbonyl (C=O) groups excluding carboxylic acids is 3. The average molecular weight is 493 g/mol. The van der Waals surface area contributed by atoms with Gasteiger partial charge < -0.3 is 10.4 Å². The summed E-state index contributed by atoms with van der Waals surface area (Å²) in [4.78, 5) is 41.6. The Bertz CT molecular complexity index is 1460. The molecule has 0 fully saturated rings. The lowest BCUT2D eigenvalue weighted by Crippen LogP contribution is -2.51. The highest BCUT2D eigenvalue weighted by Gasteiger charge is 2.43. The second-order valence-electron chi connectivity index (χ2n) is 9.74. The Kier molecular flexibility index (Phi) is 6.49. The van der Waals surface area contributed by atoms with Crippen LogP contribution in [0.25, 0.3) is 10.8 Å². The van der Waals surface area contributed by atoms with Crippen LogP contribution in [0.1, 0.15) is 58.2 Å². The van der Waals surface area contributed by atoms with E-state index in [1.54, 1.807) is 30.3 Å². The number of nitrogens with zero attached hydrogens (tertiary/aromatic N) is 1. The Labute approximate surface area is 215 Å². The van der Waals surface area contributed by atoms with Crippen molar-refractivity contribution < 1.29 is 19.5 Å². The number of amides is 3. The van der Waals surface area contributed by atoms with Crippen molar-refractivity contribution in [1.29, 1.82) is 0 Å². The minimum absolute atomic E-state index is 0.0428. The first-order valence-electron chi connectivity index (χ1n) is 12.4. The lowest BCUT2D eigenvalue weighted by Gasteiger charge is -2.30. The quantitative estimate of drug-likeness (QED) is 0.335. The molecular formula is C31H28N2O4. The molecule has 0 bridgehead atoms. The molecule has 0 spiro atoms. The van der Waals surface area contributed by atoms with E-state index < -0.39 is 29.8 Å². The maximum atomic E-state index is 14.0. The van der Waals surface area contributed by atoms with E-state index in [0.29, 0.717) is 23.1 Å². The summed E-state index contributed by atoms with van der Waals surface area (Å²) in [6, 6.07) is 25.4. The predicted molar refractivity (Wildman–Crippen MR) is 142 cm³/mol. The van der Waals surface area contributed by atoms with Crippen LogP contribution in [0.15, 0.2) is 91.0 Å². The zero-order valence-corrected chi connectivity index (χ0v) is 20.7. The summed E-state index contributed by atoms with van der Waals surface area (Å²) in [6.45, 7) is 3.90. The minimum Gasteiger partial charge on any atom is -0.508 e. The molecule has 0 saturated carbocycles. The molecule has 1 aliphatic heterocycles. The lowest BCUT2D eigenvalue weighted by atomic mass is 9.92. The highest BCUT2D eigenvalue weighted by Crippen LogP contribution is 2.36. The molecule has 4 aromatic carbocycles. The maximum Gasteiger partial charge on any atom is 0.262 e. The van der Waals surface area contributed by atoms with Crippen molar-refractivity contribution >= 4 is 28.5 Å². The van der Waals surface area contributed by atoms with Gasteiger partial charge in [0.05, 0.1) is 17.2 Å². The predicted octanol–water partition coefficient (Wildman–Crippen LogP) is 5.46. The zero-order valence-electron chi connectivity index (χ0n) is 20.7. The summed E-state index contributed by atoms with van der Waals surface area (Å²) in [5, 5.41) is 15.8. The number of imide groups is 1. The van der Waals surface area contributed by atoms with E-state index in [2.05, 4.69) is 5.32 Å². The van der Waals surface area contributed by atoms with Crippen LogP contribution in [0, 0.1) is 5.92 Å². The van der Waals surface area contributed by atoms with Crippen LogP contribution in [-0.2, 0) is 4.79 Å². The molecule has 0 unspecified atom stereocenters. The second kappa shape index (κ2) is 9.90. The standard InChI is InChI=1S/C31H28N2O4/c1-19(2)18-25(33-30(36)23-14-8-9-15-24(23)31(33)37)29(35)32-28(21-11-4-3-5-12-21)27-22-13-7-6-10-20(22)16-17-26(27)34/h3-17,19,25,28,34H,18H2,1-2H3,(H,32,35)/t25-,28-/m1/s1. The van der Waals surface area contributed by atoms with Crippen LogP contribution < -0.4 is 5.32 Å². The summed E-state index contributed by atoms with van der Waals surface area (Å²) in [6.07, 6.45) is 0.306. The van der Waals surface area contributed by atoms with Gasteiger partial charge in [-0.2, -0.15) is 0 Å². The first-order chi connectivity index (χ1) is 17.9. The van der Waals surface area contributed by atoms with Crippen LogP contribution >= 0.6 is 0 Å². The molecule has 0 aromatic heterocycles. The Morgan fingerprint density at radius 2 is 1.41 bits per heavy atom. The van der Waals surface area contributed by atoms with E-state index in [4.69, 9.17) is 0 Å². The topological polar surface area (TPSA) is 86.7 Å². The largest absolute Gasteiger partial charge is 0.508 e. The van der Waals surface area contributed by atoms with Gasteiger partial charge in [-0.1, -0.05) is 86.6 Å². The van der Waals surface area contributed by atoms with E-state index in [9.17, 15) is 19.5 Å². The van der Waals surface area contributed by atoms with E-state index in [0.717, 1.165) is 21.2 Å². The van der Waals surface area contributed by atoms with Crippen molar-refractivity contribution in [3.63, 3.8) is 0 Å². The Hall–Kier alpha value is -4.45. The van der Waals surface area contributed by atoms with Crippen LogP contribution in [-0.4, -0.2) is 33.8 Å². The molecule has 1 aliphatic rings. The van der Waals surface area contributed by atoms with Gasteiger partial charge in [0.15, 0.2) is 0 Å². The molecule has 6 nitrogen and oxygen atoms in total. The first kappa shape index (κ1) is 24.3.